The largest absolute Gasteiger partial charge is 0.465 e. The third kappa shape index (κ3) is 4.80. The van der Waals surface area contributed by atoms with Crippen molar-refractivity contribution in [2.24, 2.45) is 0 Å². The fraction of sp³-hybridized carbons (Fsp3) is 0.818. The molecular formula is C11H20N2O2. The summed E-state index contributed by atoms with van der Waals surface area (Å²) < 4.78 is 4.98. The van der Waals surface area contributed by atoms with E-state index in [1.165, 1.54) is 0 Å². The van der Waals surface area contributed by atoms with Crippen LogP contribution in [0.4, 0.5) is 0 Å². The van der Waals surface area contributed by atoms with E-state index < -0.39 is 0 Å². The third-order valence-corrected chi connectivity index (χ3v) is 2.17. The molecule has 0 aromatic heterocycles. The second kappa shape index (κ2) is 8.25. The number of hydrogen-bond acceptors (Lipinski definition) is 4. The maximum atomic E-state index is 11.6. The molecule has 0 rings (SSSR count). The summed E-state index contributed by atoms with van der Waals surface area (Å²) in [6.07, 6.45) is 1.61. The van der Waals surface area contributed by atoms with Crippen LogP contribution in [0.25, 0.3) is 0 Å². The molecule has 0 spiro atoms. The summed E-state index contributed by atoms with van der Waals surface area (Å²) in [6, 6.07) is 1.81. The summed E-state index contributed by atoms with van der Waals surface area (Å²) in [5, 5.41) is 8.68. The Kier molecular flexibility index (Phi) is 7.65. The molecule has 1 unspecified atom stereocenters. The number of ether oxygens (including phenoxy) is 1. The monoisotopic (exact) mass is 212 g/mol. The molecule has 0 aromatic rings. The van der Waals surface area contributed by atoms with Gasteiger partial charge in [0.2, 0.25) is 0 Å². The average Bonchev–Trinajstić information content (AvgIpc) is 2.20. The number of esters is 1. The molecule has 0 heterocycles. The highest BCUT2D eigenvalue weighted by molar-refractivity contribution is 5.75. The summed E-state index contributed by atoms with van der Waals surface area (Å²) in [7, 11) is 0. The van der Waals surface area contributed by atoms with Gasteiger partial charge in [0, 0.05) is 0 Å². The summed E-state index contributed by atoms with van der Waals surface area (Å²) in [4.78, 5) is 13.5. The average molecular weight is 212 g/mol. The lowest BCUT2D eigenvalue weighted by atomic mass is 10.2. The van der Waals surface area contributed by atoms with Crippen LogP contribution in [0.2, 0.25) is 0 Å². The van der Waals surface area contributed by atoms with Crippen molar-refractivity contribution in [3.05, 3.63) is 0 Å². The van der Waals surface area contributed by atoms with Gasteiger partial charge < -0.3 is 4.74 Å². The van der Waals surface area contributed by atoms with Crippen LogP contribution in [0.3, 0.4) is 0 Å². The van der Waals surface area contributed by atoms with Crippen LogP contribution in [0.5, 0.6) is 0 Å². The molecule has 0 aromatic carbocycles. The van der Waals surface area contributed by atoms with Gasteiger partial charge in [0.15, 0.2) is 0 Å². The van der Waals surface area contributed by atoms with Gasteiger partial charge in [-0.05, 0) is 26.3 Å². The van der Waals surface area contributed by atoms with Crippen molar-refractivity contribution in [3.63, 3.8) is 0 Å². The molecule has 1 atom stereocenters. The van der Waals surface area contributed by atoms with Crippen LogP contribution in [0.15, 0.2) is 0 Å². The van der Waals surface area contributed by atoms with Gasteiger partial charge >= 0.3 is 5.97 Å². The topological polar surface area (TPSA) is 53.3 Å². The van der Waals surface area contributed by atoms with Crippen molar-refractivity contribution < 1.29 is 9.53 Å². The van der Waals surface area contributed by atoms with Crippen molar-refractivity contribution in [2.75, 3.05) is 19.7 Å². The molecule has 4 nitrogen and oxygen atoms in total. The minimum absolute atomic E-state index is 0.219. The Labute approximate surface area is 91.8 Å². The molecule has 86 valence electrons. The lowest BCUT2D eigenvalue weighted by Crippen LogP contribution is -2.42. The Morgan fingerprint density at radius 2 is 2.13 bits per heavy atom. The number of nitrogens with zero attached hydrogens (tertiary/aromatic N) is 2. The Balaban J connectivity index is 4.43. The van der Waals surface area contributed by atoms with Crippen LogP contribution in [-0.4, -0.2) is 36.6 Å². The number of carbonyl (C=O) groups excluding carboxylic acids is 1. The zero-order chi connectivity index (χ0) is 11.7. The maximum absolute atomic E-state index is 11.6. The number of nitriles is 1. The van der Waals surface area contributed by atoms with E-state index in [1.54, 1.807) is 6.92 Å². The number of rotatable bonds is 7. The van der Waals surface area contributed by atoms with E-state index in [4.69, 9.17) is 10.00 Å². The summed E-state index contributed by atoms with van der Waals surface area (Å²) in [5.74, 6) is -0.219. The van der Waals surface area contributed by atoms with Gasteiger partial charge in [-0.25, -0.2) is 0 Å². The molecule has 0 saturated carbocycles. The van der Waals surface area contributed by atoms with E-state index in [-0.39, 0.29) is 18.6 Å². The lowest BCUT2D eigenvalue weighted by molar-refractivity contribution is -0.149. The molecule has 15 heavy (non-hydrogen) atoms. The summed E-state index contributed by atoms with van der Waals surface area (Å²) in [5.41, 5.74) is 0. The lowest BCUT2D eigenvalue weighted by Gasteiger charge is -2.26. The van der Waals surface area contributed by atoms with E-state index in [2.05, 4.69) is 6.07 Å². The van der Waals surface area contributed by atoms with Gasteiger partial charge in [0.1, 0.15) is 6.04 Å². The fourth-order valence-electron chi connectivity index (χ4n) is 1.54. The minimum atomic E-state index is -0.274. The van der Waals surface area contributed by atoms with Crippen molar-refractivity contribution in [1.82, 2.24) is 4.90 Å². The Morgan fingerprint density at radius 3 is 2.53 bits per heavy atom. The standard InChI is InChI=1S/C11H20N2O2/c1-4-8-13(9-7-12)10(5-2)11(14)15-6-3/h10H,4-6,8-9H2,1-3H3. The molecule has 4 heteroatoms. The molecule has 0 amide bonds. The van der Waals surface area contributed by atoms with Gasteiger partial charge in [0.05, 0.1) is 19.2 Å². The molecular weight excluding hydrogens is 192 g/mol. The number of hydrogen-bond donors (Lipinski definition) is 0. The first-order chi connectivity index (χ1) is 7.21. The van der Waals surface area contributed by atoms with E-state index in [0.717, 1.165) is 13.0 Å². The highest BCUT2D eigenvalue weighted by atomic mass is 16.5. The van der Waals surface area contributed by atoms with Crippen LogP contribution in [0, 0.1) is 11.3 Å². The van der Waals surface area contributed by atoms with Gasteiger partial charge in [0.25, 0.3) is 0 Å². The molecule has 0 bridgehead atoms. The van der Waals surface area contributed by atoms with Gasteiger partial charge in [-0.3, -0.25) is 9.69 Å². The Bertz CT molecular complexity index is 223. The molecule has 0 aliphatic heterocycles. The quantitative estimate of drug-likeness (QED) is 0.475. The second-order valence-corrected chi connectivity index (χ2v) is 3.30. The molecule has 0 aliphatic carbocycles. The van der Waals surface area contributed by atoms with Crippen LogP contribution in [0.1, 0.15) is 33.6 Å². The SMILES string of the molecule is CCCN(CC#N)C(CC)C(=O)OCC. The normalized spacial score (nSPS) is 12.2. The third-order valence-electron chi connectivity index (χ3n) is 2.17. The van der Waals surface area contributed by atoms with Crippen LogP contribution in [-0.2, 0) is 9.53 Å². The smallest absolute Gasteiger partial charge is 0.323 e. The highest BCUT2D eigenvalue weighted by Gasteiger charge is 2.24. The first kappa shape index (κ1) is 13.9. The first-order valence-electron chi connectivity index (χ1n) is 5.48. The van der Waals surface area contributed by atoms with Crippen molar-refractivity contribution in [2.45, 2.75) is 39.7 Å². The van der Waals surface area contributed by atoms with Crippen LogP contribution < -0.4 is 0 Å². The van der Waals surface area contributed by atoms with Gasteiger partial charge in [-0.15, -0.1) is 0 Å². The molecule has 0 fully saturated rings. The zero-order valence-corrected chi connectivity index (χ0v) is 9.82. The van der Waals surface area contributed by atoms with Crippen molar-refractivity contribution in [1.29, 1.82) is 5.26 Å². The first-order valence-corrected chi connectivity index (χ1v) is 5.48. The Hall–Kier alpha value is -1.08. The predicted octanol–water partition coefficient (Wildman–Crippen LogP) is 1.56. The summed E-state index contributed by atoms with van der Waals surface area (Å²) >= 11 is 0. The van der Waals surface area contributed by atoms with Gasteiger partial charge in [-0.2, -0.15) is 5.26 Å². The molecule has 0 aliphatic rings. The van der Waals surface area contributed by atoms with Gasteiger partial charge in [-0.1, -0.05) is 13.8 Å². The molecule has 0 radical (unpaired) electrons. The second-order valence-electron chi connectivity index (χ2n) is 3.30. The van der Waals surface area contributed by atoms with E-state index in [9.17, 15) is 4.79 Å². The van der Waals surface area contributed by atoms with Crippen LogP contribution >= 0.6 is 0 Å². The number of carbonyl (C=O) groups is 1. The Morgan fingerprint density at radius 1 is 1.47 bits per heavy atom. The van der Waals surface area contributed by atoms with Crippen molar-refractivity contribution in [3.8, 4) is 6.07 Å². The fourth-order valence-corrected chi connectivity index (χ4v) is 1.54. The van der Waals surface area contributed by atoms with E-state index >= 15 is 0 Å². The van der Waals surface area contributed by atoms with E-state index in [0.29, 0.717) is 13.0 Å². The highest BCUT2D eigenvalue weighted by Crippen LogP contribution is 2.07. The molecule has 0 saturated heterocycles. The van der Waals surface area contributed by atoms with E-state index in [1.807, 2.05) is 18.7 Å². The zero-order valence-electron chi connectivity index (χ0n) is 9.82. The van der Waals surface area contributed by atoms with Crippen molar-refractivity contribution >= 4 is 5.97 Å². The maximum Gasteiger partial charge on any atom is 0.323 e. The minimum Gasteiger partial charge on any atom is -0.465 e. The predicted molar refractivity (Wildman–Crippen MR) is 58.2 cm³/mol. The molecule has 0 N–H and O–H groups in total. The summed E-state index contributed by atoms with van der Waals surface area (Å²) in [6.45, 7) is 7.18.